The van der Waals surface area contributed by atoms with Crippen LogP contribution in [-0.2, 0) is 0 Å². The van der Waals surface area contributed by atoms with Crippen LogP contribution in [0.2, 0.25) is 5.02 Å². The fourth-order valence-electron chi connectivity index (χ4n) is 2.39. The first kappa shape index (κ1) is 12.8. The van der Waals surface area contributed by atoms with Crippen molar-refractivity contribution in [2.24, 2.45) is 0 Å². The molecule has 0 atom stereocenters. The molecule has 0 amide bonds. The first-order chi connectivity index (χ1) is 9.15. The lowest BCUT2D eigenvalue weighted by molar-refractivity contribution is 0.499. The van der Waals surface area contributed by atoms with Crippen molar-refractivity contribution in [1.82, 2.24) is 10.3 Å². The second-order valence-corrected chi connectivity index (χ2v) is 5.65. The largest absolute Gasteiger partial charge is 0.438 e. The third kappa shape index (κ3) is 2.42. The zero-order valence-corrected chi connectivity index (χ0v) is 12.0. The Morgan fingerprint density at radius 2 is 2.05 bits per heavy atom. The topological polar surface area (TPSA) is 41.3 Å². The number of oxazole rings is 1. The summed E-state index contributed by atoms with van der Waals surface area (Å²) < 4.78 is 5.94. The molecule has 0 spiro atoms. The van der Waals surface area contributed by atoms with Gasteiger partial charge in [-0.25, -0.2) is 4.98 Å². The van der Waals surface area contributed by atoms with Crippen LogP contribution in [-0.4, -0.2) is 31.2 Å². The molecule has 19 heavy (non-hydrogen) atoms. The average molecular weight is 280 g/mol. The summed E-state index contributed by atoms with van der Waals surface area (Å²) in [7, 11) is 0. The van der Waals surface area contributed by atoms with Crippen molar-refractivity contribution in [3.05, 3.63) is 23.0 Å². The molecule has 1 aromatic carbocycles. The molecule has 1 N–H and O–H groups in total. The molecule has 1 aliphatic rings. The quantitative estimate of drug-likeness (QED) is 0.917. The van der Waals surface area contributed by atoms with Gasteiger partial charge in [-0.15, -0.1) is 0 Å². The van der Waals surface area contributed by atoms with Crippen LogP contribution < -0.4 is 10.2 Å². The number of aromatic nitrogens is 1. The average Bonchev–Trinajstić information content (AvgIpc) is 2.82. The molecular weight excluding hydrogens is 262 g/mol. The number of benzene rings is 1. The van der Waals surface area contributed by atoms with Crippen LogP contribution >= 0.6 is 11.6 Å². The summed E-state index contributed by atoms with van der Waals surface area (Å²) in [5.74, 6) is 1.05. The maximum atomic E-state index is 6.21. The molecule has 1 saturated heterocycles. The highest BCUT2D eigenvalue weighted by atomic mass is 35.5. The third-order valence-corrected chi connectivity index (χ3v) is 3.62. The maximum absolute atomic E-state index is 6.21. The Balaban J connectivity index is 2.10. The van der Waals surface area contributed by atoms with Gasteiger partial charge < -0.3 is 14.6 Å². The van der Waals surface area contributed by atoms with E-state index in [1.165, 1.54) is 0 Å². The first-order valence-corrected chi connectivity index (χ1v) is 7.08. The Hall–Kier alpha value is -1.26. The second-order valence-electron chi connectivity index (χ2n) is 5.22. The molecule has 1 fully saturated rings. The molecule has 0 unspecified atom stereocenters. The minimum Gasteiger partial charge on any atom is -0.438 e. The highest BCUT2D eigenvalue weighted by molar-refractivity contribution is 6.31. The van der Waals surface area contributed by atoms with E-state index in [-0.39, 0.29) is 5.92 Å². The molecule has 0 bridgehead atoms. The van der Waals surface area contributed by atoms with Crippen molar-refractivity contribution in [3.8, 4) is 0 Å². The van der Waals surface area contributed by atoms with Gasteiger partial charge in [-0.05, 0) is 12.1 Å². The Morgan fingerprint density at radius 1 is 1.32 bits per heavy atom. The van der Waals surface area contributed by atoms with Gasteiger partial charge in [0.05, 0.1) is 5.69 Å². The van der Waals surface area contributed by atoms with Crippen molar-refractivity contribution in [2.75, 3.05) is 31.1 Å². The fourth-order valence-corrected chi connectivity index (χ4v) is 2.59. The molecule has 1 aromatic heterocycles. The van der Waals surface area contributed by atoms with Gasteiger partial charge in [-0.2, -0.15) is 0 Å². The van der Waals surface area contributed by atoms with Crippen LogP contribution in [0, 0.1) is 0 Å². The molecule has 0 saturated carbocycles. The predicted molar refractivity (Wildman–Crippen MR) is 78.2 cm³/mol. The first-order valence-electron chi connectivity index (χ1n) is 6.71. The number of fused-ring (bicyclic) bond motifs is 1. The van der Waals surface area contributed by atoms with Crippen LogP contribution in [0.4, 0.5) is 5.69 Å². The Morgan fingerprint density at radius 3 is 2.74 bits per heavy atom. The van der Waals surface area contributed by atoms with E-state index in [2.05, 4.69) is 29.0 Å². The molecule has 4 nitrogen and oxygen atoms in total. The van der Waals surface area contributed by atoms with E-state index in [0.29, 0.717) is 5.02 Å². The predicted octanol–water partition coefficient (Wildman–Crippen LogP) is 3.01. The van der Waals surface area contributed by atoms with E-state index in [0.717, 1.165) is 48.9 Å². The maximum Gasteiger partial charge on any atom is 0.198 e. The lowest BCUT2D eigenvalue weighted by Gasteiger charge is -2.29. The third-order valence-electron chi connectivity index (χ3n) is 3.40. The fraction of sp³-hybridized carbons (Fsp3) is 0.500. The van der Waals surface area contributed by atoms with Gasteiger partial charge in [0, 0.05) is 37.1 Å². The second kappa shape index (κ2) is 5.02. The molecule has 1 aliphatic heterocycles. The van der Waals surface area contributed by atoms with Crippen LogP contribution in [0.1, 0.15) is 25.7 Å². The minimum absolute atomic E-state index is 0.280. The number of halogens is 1. The summed E-state index contributed by atoms with van der Waals surface area (Å²) >= 11 is 6.21. The van der Waals surface area contributed by atoms with E-state index in [1.54, 1.807) is 0 Å². The van der Waals surface area contributed by atoms with E-state index < -0.39 is 0 Å². The number of anilines is 1. The lowest BCUT2D eigenvalue weighted by Crippen LogP contribution is -2.43. The number of hydrogen-bond donors (Lipinski definition) is 1. The van der Waals surface area contributed by atoms with Gasteiger partial charge in [-0.1, -0.05) is 25.4 Å². The van der Waals surface area contributed by atoms with Crippen LogP contribution in [0.5, 0.6) is 0 Å². The van der Waals surface area contributed by atoms with Gasteiger partial charge in [0.2, 0.25) is 0 Å². The number of nitrogens with zero attached hydrogens (tertiary/aromatic N) is 2. The zero-order chi connectivity index (χ0) is 13.4. The summed E-state index contributed by atoms with van der Waals surface area (Å²) in [4.78, 5) is 6.84. The van der Waals surface area contributed by atoms with Crippen molar-refractivity contribution in [1.29, 1.82) is 0 Å². The minimum atomic E-state index is 0.280. The summed E-state index contributed by atoms with van der Waals surface area (Å²) in [6, 6.07) is 3.85. The highest BCUT2D eigenvalue weighted by Gasteiger charge is 2.19. The summed E-state index contributed by atoms with van der Waals surface area (Å²) in [5.41, 5.74) is 2.77. The SMILES string of the molecule is CC(C)c1nc2cc(Cl)cc(N3CCNCC3)c2o1. The standard InChI is InChI=1S/C14H18ClN3O/c1-9(2)14-17-11-7-10(15)8-12(13(11)19-14)18-5-3-16-4-6-18/h7-9,16H,3-6H2,1-2H3. The van der Waals surface area contributed by atoms with Gasteiger partial charge >= 0.3 is 0 Å². The van der Waals surface area contributed by atoms with Crippen LogP contribution in [0.25, 0.3) is 11.1 Å². The Labute approximate surface area is 117 Å². The summed E-state index contributed by atoms with van der Waals surface area (Å²) in [6.45, 7) is 8.06. The molecule has 3 rings (SSSR count). The molecule has 102 valence electrons. The van der Waals surface area contributed by atoms with Crippen LogP contribution in [0.3, 0.4) is 0 Å². The molecular formula is C14H18ClN3O. The lowest BCUT2D eigenvalue weighted by atomic mass is 10.2. The molecule has 2 aromatic rings. The smallest absolute Gasteiger partial charge is 0.198 e. The van der Waals surface area contributed by atoms with E-state index in [9.17, 15) is 0 Å². The van der Waals surface area contributed by atoms with E-state index in [1.807, 2.05) is 12.1 Å². The van der Waals surface area contributed by atoms with Crippen LogP contribution in [0.15, 0.2) is 16.5 Å². The molecule has 0 aliphatic carbocycles. The van der Waals surface area contributed by atoms with E-state index in [4.69, 9.17) is 16.0 Å². The Kier molecular flexibility index (Phi) is 3.37. The molecule has 0 radical (unpaired) electrons. The van der Waals surface area contributed by atoms with Gasteiger partial charge in [-0.3, -0.25) is 0 Å². The Bertz CT molecular complexity index is 588. The molecule has 5 heteroatoms. The normalized spacial score (nSPS) is 16.5. The molecule has 2 heterocycles. The summed E-state index contributed by atoms with van der Waals surface area (Å²) in [5, 5.41) is 4.06. The van der Waals surface area contributed by atoms with Gasteiger partial charge in [0.25, 0.3) is 0 Å². The van der Waals surface area contributed by atoms with Crippen molar-refractivity contribution in [3.63, 3.8) is 0 Å². The number of rotatable bonds is 2. The van der Waals surface area contributed by atoms with Crippen molar-refractivity contribution < 1.29 is 4.42 Å². The monoisotopic (exact) mass is 279 g/mol. The highest BCUT2D eigenvalue weighted by Crippen LogP contribution is 2.33. The number of hydrogen-bond acceptors (Lipinski definition) is 4. The number of piperazine rings is 1. The number of nitrogens with one attached hydrogen (secondary N) is 1. The summed E-state index contributed by atoms with van der Waals surface area (Å²) in [6.07, 6.45) is 0. The van der Waals surface area contributed by atoms with Gasteiger partial charge in [0.15, 0.2) is 11.5 Å². The van der Waals surface area contributed by atoms with Gasteiger partial charge in [0.1, 0.15) is 5.52 Å². The zero-order valence-electron chi connectivity index (χ0n) is 11.2. The van der Waals surface area contributed by atoms with Crippen molar-refractivity contribution >= 4 is 28.4 Å². The van der Waals surface area contributed by atoms with Crippen molar-refractivity contribution in [2.45, 2.75) is 19.8 Å². The van der Waals surface area contributed by atoms with E-state index >= 15 is 0 Å².